The Labute approximate surface area is 139 Å². The predicted octanol–water partition coefficient (Wildman–Crippen LogP) is 2.56. The maximum Gasteiger partial charge on any atom is 0.116 e. The summed E-state index contributed by atoms with van der Waals surface area (Å²) in [6.45, 7) is 5.28. The Morgan fingerprint density at radius 3 is 1.78 bits per heavy atom. The molecule has 0 saturated carbocycles. The minimum absolute atomic E-state index is 0.713. The van der Waals surface area contributed by atoms with Gasteiger partial charge in [-0.2, -0.15) is 0 Å². The Morgan fingerprint density at radius 1 is 0.826 bits per heavy atom. The fourth-order valence-electron chi connectivity index (χ4n) is 3.27. The first kappa shape index (κ1) is 16.2. The largest absolute Gasteiger partial charge is 0.380 e. The number of rotatable bonds is 5. The maximum atomic E-state index is 11.5. The number of hydrogen-bond donors (Lipinski definition) is 1. The molecule has 3 rings (SSSR count). The van der Waals surface area contributed by atoms with Gasteiger partial charge in [-0.1, -0.05) is 60.7 Å². The molecule has 0 unspecified atom stereocenters. The summed E-state index contributed by atoms with van der Waals surface area (Å²) >= 11 is 0. The van der Waals surface area contributed by atoms with Crippen LogP contribution in [0.25, 0.3) is 0 Å². The van der Waals surface area contributed by atoms with E-state index in [9.17, 15) is 5.11 Å². The molecule has 1 N–H and O–H groups in total. The van der Waals surface area contributed by atoms with Gasteiger partial charge in [0.25, 0.3) is 0 Å². The summed E-state index contributed by atoms with van der Waals surface area (Å²) in [6.07, 6.45) is 0.713. The Morgan fingerprint density at radius 2 is 1.30 bits per heavy atom. The molecule has 3 heteroatoms. The van der Waals surface area contributed by atoms with Crippen molar-refractivity contribution in [1.82, 2.24) is 9.80 Å². The third kappa shape index (κ3) is 3.81. The molecule has 0 aromatic heterocycles. The van der Waals surface area contributed by atoms with Crippen LogP contribution in [0.2, 0.25) is 0 Å². The topological polar surface area (TPSA) is 26.7 Å². The highest BCUT2D eigenvalue weighted by Crippen LogP contribution is 2.33. The summed E-state index contributed by atoms with van der Waals surface area (Å²) in [7, 11) is 2.17. The van der Waals surface area contributed by atoms with Crippen LogP contribution in [0.15, 0.2) is 60.7 Å². The number of benzene rings is 2. The molecule has 3 nitrogen and oxygen atoms in total. The lowest BCUT2D eigenvalue weighted by molar-refractivity contribution is 0.0494. The van der Waals surface area contributed by atoms with Crippen LogP contribution in [0.3, 0.4) is 0 Å². The van der Waals surface area contributed by atoms with E-state index in [0.29, 0.717) is 6.42 Å². The SMILES string of the molecule is CN1CCN(CCC(O)(c2ccccc2)c2ccccc2)CC1. The second-order valence-electron chi connectivity index (χ2n) is 6.49. The first-order valence-corrected chi connectivity index (χ1v) is 8.43. The normalized spacial score (nSPS) is 17.3. The highest BCUT2D eigenvalue weighted by Gasteiger charge is 2.31. The van der Waals surface area contributed by atoms with Gasteiger partial charge in [-0.3, -0.25) is 0 Å². The van der Waals surface area contributed by atoms with Crippen LogP contribution in [0.4, 0.5) is 0 Å². The summed E-state index contributed by atoms with van der Waals surface area (Å²) in [5, 5.41) is 11.5. The van der Waals surface area contributed by atoms with E-state index in [1.54, 1.807) is 0 Å². The van der Waals surface area contributed by atoms with Gasteiger partial charge in [-0.15, -0.1) is 0 Å². The molecule has 0 amide bonds. The number of piperazine rings is 1. The van der Waals surface area contributed by atoms with Crippen LogP contribution in [0.5, 0.6) is 0 Å². The zero-order valence-corrected chi connectivity index (χ0v) is 13.9. The highest BCUT2D eigenvalue weighted by atomic mass is 16.3. The zero-order chi connectivity index (χ0) is 16.1. The molecule has 0 atom stereocenters. The Kier molecular flexibility index (Phi) is 5.11. The standard InChI is InChI=1S/C20H26N2O/c1-21-14-16-22(17-15-21)13-12-20(23,18-8-4-2-5-9-18)19-10-6-3-7-11-19/h2-11,23H,12-17H2,1H3. The average molecular weight is 310 g/mol. The molecule has 0 spiro atoms. The third-order valence-corrected chi connectivity index (χ3v) is 4.89. The van der Waals surface area contributed by atoms with Gasteiger partial charge in [-0.05, 0) is 24.6 Å². The van der Waals surface area contributed by atoms with Crippen molar-refractivity contribution in [3.8, 4) is 0 Å². The average Bonchev–Trinajstić information content (AvgIpc) is 2.62. The lowest BCUT2D eigenvalue weighted by Crippen LogP contribution is -2.46. The molecule has 0 radical (unpaired) electrons. The molecule has 0 bridgehead atoms. The van der Waals surface area contributed by atoms with Crippen LogP contribution >= 0.6 is 0 Å². The van der Waals surface area contributed by atoms with E-state index in [0.717, 1.165) is 43.9 Å². The van der Waals surface area contributed by atoms with E-state index in [1.807, 2.05) is 60.7 Å². The molecule has 1 aliphatic heterocycles. The molecule has 1 fully saturated rings. The number of likely N-dealkylation sites (N-methyl/N-ethyl adjacent to an activating group) is 1. The predicted molar refractivity (Wildman–Crippen MR) is 94.4 cm³/mol. The van der Waals surface area contributed by atoms with E-state index in [4.69, 9.17) is 0 Å². The van der Waals surface area contributed by atoms with Crippen molar-refractivity contribution in [1.29, 1.82) is 0 Å². The molecule has 1 heterocycles. The van der Waals surface area contributed by atoms with Crippen molar-refractivity contribution in [3.05, 3.63) is 71.8 Å². The molecule has 23 heavy (non-hydrogen) atoms. The van der Waals surface area contributed by atoms with Crippen molar-refractivity contribution in [2.24, 2.45) is 0 Å². The van der Waals surface area contributed by atoms with E-state index >= 15 is 0 Å². The van der Waals surface area contributed by atoms with Gasteiger partial charge in [0.2, 0.25) is 0 Å². The first-order chi connectivity index (χ1) is 11.2. The fraction of sp³-hybridized carbons (Fsp3) is 0.400. The Balaban J connectivity index is 1.79. The van der Waals surface area contributed by atoms with Gasteiger partial charge in [-0.25, -0.2) is 0 Å². The number of nitrogens with zero attached hydrogens (tertiary/aromatic N) is 2. The minimum Gasteiger partial charge on any atom is -0.380 e. The van der Waals surface area contributed by atoms with Crippen molar-refractivity contribution in [3.63, 3.8) is 0 Å². The van der Waals surface area contributed by atoms with E-state index in [1.165, 1.54) is 0 Å². The third-order valence-electron chi connectivity index (χ3n) is 4.89. The van der Waals surface area contributed by atoms with E-state index in [2.05, 4.69) is 16.8 Å². The first-order valence-electron chi connectivity index (χ1n) is 8.43. The van der Waals surface area contributed by atoms with Crippen molar-refractivity contribution < 1.29 is 5.11 Å². The molecule has 1 aliphatic rings. The summed E-state index contributed by atoms with van der Waals surface area (Å²) in [4.78, 5) is 4.81. The summed E-state index contributed by atoms with van der Waals surface area (Å²) in [5.74, 6) is 0. The highest BCUT2D eigenvalue weighted by molar-refractivity contribution is 5.35. The van der Waals surface area contributed by atoms with Gasteiger partial charge in [0.1, 0.15) is 5.60 Å². The van der Waals surface area contributed by atoms with Gasteiger partial charge in [0.05, 0.1) is 0 Å². The molecular formula is C20H26N2O. The summed E-state index contributed by atoms with van der Waals surface area (Å²) in [5.41, 5.74) is 1.02. The van der Waals surface area contributed by atoms with E-state index < -0.39 is 5.60 Å². The number of hydrogen-bond acceptors (Lipinski definition) is 3. The molecular weight excluding hydrogens is 284 g/mol. The second-order valence-corrected chi connectivity index (χ2v) is 6.49. The minimum atomic E-state index is -0.925. The zero-order valence-electron chi connectivity index (χ0n) is 13.9. The quantitative estimate of drug-likeness (QED) is 0.919. The molecule has 2 aromatic rings. The smallest absolute Gasteiger partial charge is 0.116 e. The molecule has 2 aromatic carbocycles. The van der Waals surface area contributed by atoms with Gasteiger partial charge >= 0.3 is 0 Å². The Hall–Kier alpha value is -1.68. The molecule has 1 saturated heterocycles. The van der Waals surface area contributed by atoms with Gasteiger partial charge < -0.3 is 14.9 Å². The van der Waals surface area contributed by atoms with Crippen LogP contribution in [-0.4, -0.2) is 54.7 Å². The van der Waals surface area contributed by atoms with Crippen LogP contribution in [-0.2, 0) is 5.60 Å². The second kappa shape index (κ2) is 7.26. The summed E-state index contributed by atoms with van der Waals surface area (Å²) < 4.78 is 0. The maximum absolute atomic E-state index is 11.5. The Bertz CT molecular complexity index is 552. The monoisotopic (exact) mass is 310 g/mol. The van der Waals surface area contributed by atoms with Crippen molar-refractivity contribution in [2.75, 3.05) is 39.8 Å². The molecule has 122 valence electrons. The fourth-order valence-corrected chi connectivity index (χ4v) is 3.27. The number of aliphatic hydroxyl groups is 1. The van der Waals surface area contributed by atoms with Crippen LogP contribution in [0.1, 0.15) is 17.5 Å². The lowest BCUT2D eigenvalue weighted by Gasteiger charge is -2.36. The van der Waals surface area contributed by atoms with Crippen molar-refractivity contribution >= 4 is 0 Å². The van der Waals surface area contributed by atoms with E-state index in [-0.39, 0.29) is 0 Å². The van der Waals surface area contributed by atoms with Gasteiger partial charge in [0, 0.05) is 32.7 Å². The molecule has 0 aliphatic carbocycles. The van der Waals surface area contributed by atoms with Gasteiger partial charge in [0.15, 0.2) is 0 Å². The lowest BCUT2D eigenvalue weighted by atomic mass is 9.83. The summed E-state index contributed by atoms with van der Waals surface area (Å²) in [6, 6.07) is 20.1. The van der Waals surface area contributed by atoms with Crippen LogP contribution in [0, 0.1) is 0 Å². The van der Waals surface area contributed by atoms with Crippen LogP contribution < -0.4 is 0 Å². The van der Waals surface area contributed by atoms with Crippen molar-refractivity contribution in [2.45, 2.75) is 12.0 Å².